The lowest BCUT2D eigenvalue weighted by atomic mass is 9.72. The van der Waals surface area contributed by atoms with E-state index >= 15 is 0 Å². The van der Waals surface area contributed by atoms with Gasteiger partial charge >= 0.3 is 17.9 Å². The highest BCUT2D eigenvalue weighted by Crippen LogP contribution is 2.50. The van der Waals surface area contributed by atoms with Gasteiger partial charge in [0.25, 0.3) is 5.91 Å². The molecule has 4 aromatic rings. The number of likely N-dealkylation sites (N-methyl/N-ethyl adjacent to an activating group) is 1. The number of hydrogen-bond acceptors (Lipinski definition) is 18. The first-order chi connectivity index (χ1) is 46.1. The number of nitrogens with two attached hydrogens (primary N) is 1. The Labute approximate surface area is 566 Å². The Morgan fingerprint density at radius 2 is 1.53 bits per heavy atom. The minimum absolute atomic E-state index is 0.0107. The number of carboxylic acid groups (broad SMARTS) is 3. The van der Waals surface area contributed by atoms with E-state index < -0.39 is 66.6 Å². The molecular weight excluding hydrogens is 1270 g/mol. The predicted octanol–water partition coefficient (Wildman–Crippen LogP) is 5.64. The first-order valence-electron chi connectivity index (χ1n) is 32.6. The molecule has 6 unspecified atom stereocenters. The lowest BCUT2D eigenvalue weighted by molar-refractivity contribution is -0.148. The number of carboxylic acids is 3. The third kappa shape index (κ3) is 21.3. The number of aliphatic hydroxyl groups is 1. The molecule has 2 aliphatic heterocycles. The summed E-state index contributed by atoms with van der Waals surface area (Å²) in [6.45, 7) is 9.63. The third-order valence-corrected chi connectivity index (χ3v) is 19.3. The van der Waals surface area contributed by atoms with Crippen molar-refractivity contribution >= 4 is 91.8 Å². The molecule has 6 amide bonds. The number of carbonyl (C=O) groups is 9. The smallest absolute Gasteiger partial charge is 0.326 e. The summed E-state index contributed by atoms with van der Waals surface area (Å²) in [4.78, 5) is 125. The van der Waals surface area contributed by atoms with E-state index in [1.165, 1.54) is 33.5 Å². The van der Waals surface area contributed by atoms with Gasteiger partial charge in [0.15, 0.2) is 0 Å². The molecule has 3 aliphatic rings. The molecule has 518 valence electrons. The number of carbonyl (C=O) groups excluding carboxylic acids is 6. The molecule has 0 bridgehead atoms. The Kier molecular flexibility index (Phi) is 29.0. The van der Waals surface area contributed by atoms with Crippen molar-refractivity contribution < 1.29 is 73.1 Å². The first kappa shape index (κ1) is 74.9. The van der Waals surface area contributed by atoms with Crippen LogP contribution in [-0.4, -0.2) is 175 Å². The SMILES string of the molecule is CCCc1cc2c(cc1C)C(c1ccccc1C(=O)N(C)CCCC(=O)NC(CCCSSCCC(=O)NCC#Cc1cn([C@H]3CC[C@@H](CO)O3)c3ncnc(N)c13)C(=O)NCCCCCC(=O)NC(CC(=O)O)C(=O)NC(CC(=O)O)C(=O)O)C1C=C(C)C(NCC)C=C1O2. The highest BCUT2D eigenvalue weighted by atomic mass is 33.1. The van der Waals surface area contributed by atoms with Gasteiger partial charge in [0, 0.05) is 86.1 Å². The normalized spacial score (nSPS) is 17.9. The van der Waals surface area contributed by atoms with E-state index in [1.54, 1.807) is 18.1 Å². The van der Waals surface area contributed by atoms with Crippen LogP contribution in [0.3, 0.4) is 0 Å². The summed E-state index contributed by atoms with van der Waals surface area (Å²) >= 11 is 0. The van der Waals surface area contributed by atoms with Crippen molar-refractivity contribution in [2.75, 3.05) is 57.1 Å². The van der Waals surface area contributed by atoms with Crippen molar-refractivity contribution in [2.45, 2.75) is 166 Å². The van der Waals surface area contributed by atoms with Crippen LogP contribution in [0.4, 0.5) is 5.82 Å². The summed E-state index contributed by atoms with van der Waals surface area (Å²) in [7, 11) is 4.72. The van der Waals surface area contributed by atoms with E-state index in [0.29, 0.717) is 72.2 Å². The maximum absolute atomic E-state index is 14.6. The number of benzene rings is 2. The van der Waals surface area contributed by atoms with Crippen LogP contribution in [0.2, 0.25) is 0 Å². The number of nitrogen functional groups attached to an aromatic ring is 1. The zero-order valence-corrected chi connectivity index (χ0v) is 56.5. The standard InChI is InChI=1S/C68H89N11O15S2/c1-6-16-42-33-53-47(31-40(42)3)62(48-32-41(4)50(70-7-2)34-54(48)94-53)45-18-10-11-19-46(45)67(90)78(5)28-14-22-57(83)75-49(65(88)72-26-12-8-9-21-56(82)76-51(35-59(84)85)66(89)77-52(68(91)92)36-60(86)87)20-15-29-95-96-30-25-55(81)71-27-13-17-43-37-79(58-24-23-44(38-80)93-58)64-61(43)63(69)73-39-74-64/h10-11,18-19,31-34,37,39,44,48-52,58,62,70,80H,6-9,12,14-16,20-30,35-36,38H2,1-5H3,(H,71,81)(H,72,88)(H,75,83)(H,76,82)(H,77,89)(H,84,85)(H,86,87)(H,91,92)(H2,69,73,74)/t44-,48?,49?,50?,51?,52?,58+,62?/m0/s1. The summed E-state index contributed by atoms with van der Waals surface area (Å²) < 4.78 is 14.5. The number of aromatic nitrogens is 3. The summed E-state index contributed by atoms with van der Waals surface area (Å²) in [5, 5.41) is 54.2. The molecule has 7 rings (SSSR count). The van der Waals surface area contributed by atoms with Crippen LogP contribution in [-0.2, 0) is 49.5 Å². The van der Waals surface area contributed by atoms with E-state index in [-0.39, 0.29) is 112 Å². The van der Waals surface area contributed by atoms with Gasteiger partial charge in [-0.3, -0.25) is 38.4 Å². The number of amides is 6. The molecule has 26 nitrogen and oxygen atoms in total. The summed E-state index contributed by atoms with van der Waals surface area (Å²) in [6.07, 6.45) is 10.6. The second kappa shape index (κ2) is 37.1. The number of nitrogens with one attached hydrogen (secondary N) is 6. The Balaban J connectivity index is 0.918. The average Bonchev–Trinajstić information content (AvgIpc) is 0.845. The van der Waals surface area contributed by atoms with Crippen LogP contribution in [0.15, 0.2) is 72.4 Å². The predicted molar refractivity (Wildman–Crippen MR) is 363 cm³/mol. The van der Waals surface area contributed by atoms with Crippen molar-refractivity contribution in [1.82, 2.24) is 51.3 Å². The van der Waals surface area contributed by atoms with Crippen molar-refractivity contribution in [3.05, 3.63) is 106 Å². The monoisotopic (exact) mass is 1360 g/mol. The van der Waals surface area contributed by atoms with Gasteiger partial charge in [0.05, 0.1) is 43.0 Å². The second-order valence-electron chi connectivity index (χ2n) is 24.0. The van der Waals surface area contributed by atoms with Crippen LogP contribution in [0.25, 0.3) is 11.0 Å². The van der Waals surface area contributed by atoms with Crippen LogP contribution >= 0.6 is 21.6 Å². The molecule has 8 atom stereocenters. The number of hydrogen-bond donors (Lipinski definition) is 11. The minimum Gasteiger partial charge on any atom is -0.481 e. The van der Waals surface area contributed by atoms with Crippen LogP contribution in [0.5, 0.6) is 5.75 Å². The van der Waals surface area contributed by atoms with Crippen LogP contribution in [0, 0.1) is 24.7 Å². The van der Waals surface area contributed by atoms with Gasteiger partial charge in [-0.15, -0.1) is 0 Å². The Hall–Kier alpha value is -8.49. The number of allylic oxidation sites excluding steroid dienone is 1. The number of nitrogens with zero attached hydrogens (tertiary/aromatic N) is 4. The molecule has 0 spiro atoms. The van der Waals surface area contributed by atoms with Crippen molar-refractivity contribution in [2.24, 2.45) is 5.92 Å². The number of rotatable bonds is 37. The number of anilines is 1. The number of ether oxygens (including phenoxy) is 2. The van der Waals surface area contributed by atoms with Gasteiger partial charge in [0.2, 0.25) is 29.5 Å². The second-order valence-corrected chi connectivity index (χ2v) is 26.7. The van der Waals surface area contributed by atoms with Crippen molar-refractivity contribution in [3.63, 3.8) is 0 Å². The first-order valence-corrected chi connectivity index (χ1v) is 35.1. The fourth-order valence-electron chi connectivity index (χ4n) is 11.9. The van der Waals surface area contributed by atoms with E-state index in [1.807, 2.05) is 34.1 Å². The summed E-state index contributed by atoms with van der Waals surface area (Å²) in [6, 6.07) is 7.58. The summed E-state index contributed by atoms with van der Waals surface area (Å²) in [5.41, 5.74) is 13.3. The number of aliphatic carboxylic acids is 3. The zero-order chi connectivity index (χ0) is 69.4. The van der Waals surface area contributed by atoms with Gasteiger partial charge in [0.1, 0.15) is 53.7 Å². The highest BCUT2D eigenvalue weighted by Gasteiger charge is 2.40. The molecule has 12 N–H and O–H groups in total. The van der Waals surface area contributed by atoms with Gasteiger partial charge in [-0.05, 0) is 107 Å². The maximum atomic E-state index is 14.6. The largest absolute Gasteiger partial charge is 0.481 e. The lowest BCUT2D eigenvalue weighted by Gasteiger charge is -2.39. The third-order valence-electron chi connectivity index (χ3n) is 16.8. The molecule has 96 heavy (non-hydrogen) atoms. The van der Waals surface area contributed by atoms with E-state index in [4.69, 9.17) is 20.3 Å². The number of fused-ring (bicyclic) bond motifs is 3. The fourth-order valence-corrected chi connectivity index (χ4v) is 14.0. The Morgan fingerprint density at radius 1 is 0.802 bits per heavy atom. The molecule has 28 heteroatoms. The lowest BCUT2D eigenvalue weighted by Crippen LogP contribution is -2.52. The molecule has 2 aromatic heterocycles. The topological polar surface area (TPSA) is 385 Å². The van der Waals surface area contributed by atoms with Gasteiger partial charge in [-0.1, -0.05) is 96.0 Å². The van der Waals surface area contributed by atoms with Gasteiger partial charge < -0.3 is 77.0 Å². The van der Waals surface area contributed by atoms with Crippen LogP contribution in [0.1, 0.15) is 161 Å². The molecule has 2 aromatic carbocycles. The fraction of sp³-hybridized carbons (Fsp3) is 0.515. The van der Waals surface area contributed by atoms with E-state index in [0.717, 1.165) is 53.2 Å². The van der Waals surface area contributed by atoms with Crippen molar-refractivity contribution in [1.29, 1.82) is 0 Å². The molecule has 0 radical (unpaired) electrons. The highest BCUT2D eigenvalue weighted by molar-refractivity contribution is 8.76. The Morgan fingerprint density at radius 3 is 2.25 bits per heavy atom. The quantitative estimate of drug-likeness (QED) is 0.0113. The molecule has 1 aliphatic carbocycles. The molecule has 1 saturated heterocycles. The van der Waals surface area contributed by atoms with Crippen molar-refractivity contribution in [3.8, 4) is 17.6 Å². The Bertz CT molecular complexity index is 3590. The number of unbranched alkanes of at least 4 members (excludes halogenated alkanes) is 2. The number of aryl methyl sites for hydroxylation is 2. The zero-order valence-electron chi connectivity index (χ0n) is 54.9. The molecule has 1 fully saturated rings. The average molecular weight is 1360 g/mol. The van der Waals surface area contributed by atoms with Gasteiger partial charge in [-0.25, -0.2) is 14.8 Å². The number of aliphatic hydroxyl groups excluding tert-OH is 1. The van der Waals surface area contributed by atoms with Gasteiger partial charge in [-0.2, -0.15) is 0 Å². The maximum Gasteiger partial charge on any atom is 0.326 e. The van der Waals surface area contributed by atoms with Crippen LogP contribution < -0.4 is 42.4 Å². The van der Waals surface area contributed by atoms with E-state index in [9.17, 15) is 58.5 Å². The molecular formula is C68H89N11O15S2. The molecule has 4 heterocycles. The molecule has 0 saturated carbocycles. The minimum atomic E-state index is -1.86. The summed E-state index contributed by atoms with van der Waals surface area (Å²) in [5.74, 6) is 0.883. The van der Waals surface area contributed by atoms with E-state index in [2.05, 4.69) is 100 Å².